The summed E-state index contributed by atoms with van der Waals surface area (Å²) in [6.07, 6.45) is 9.02. The van der Waals surface area contributed by atoms with Crippen LogP contribution in [-0.2, 0) is 0 Å². The highest BCUT2D eigenvalue weighted by molar-refractivity contribution is 4.85. The average molecular weight is 254 g/mol. The van der Waals surface area contributed by atoms with Gasteiger partial charge in [0.05, 0.1) is 0 Å². The first-order valence-corrected chi connectivity index (χ1v) is 7.92. The van der Waals surface area contributed by atoms with Gasteiger partial charge in [0.15, 0.2) is 0 Å². The standard InChI is InChI=1S/C15H30N2O/c1-2-17-10-5-7-14(9-11-17)16-15-8-4-3-6-13(15)12-18/h13-16,18H,2-12H2,1H3. The number of aliphatic hydroxyl groups excluding tert-OH is 1. The Morgan fingerprint density at radius 2 is 1.89 bits per heavy atom. The van der Waals surface area contributed by atoms with Crippen LogP contribution in [0.2, 0.25) is 0 Å². The smallest absolute Gasteiger partial charge is 0.0474 e. The minimum absolute atomic E-state index is 0.367. The highest BCUT2D eigenvalue weighted by Gasteiger charge is 2.27. The molecule has 3 heteroatoms. The molecule has 2 aliphatic rings. The predicted octanol–water partition coefficient (Wildman–Crippen LogP) is 2.00. The molecule has 0 spiro atoms. The molecular formula is C15H30N2O. The van der Waals surface area contributed by atoms with Gasteiger partial charge in [0.2, 0.25) is 0 Å². The molecule has 0 aromatic heterocycles. The van der Waals surface area contributed by atoms with Crippen LogP contribution in [0.3, 0.4) is 0 Å². The fourth-order valence-electron chi connectivity index (χ4n) is 3.59. The fraction of sp³-hybridized carbons (Fsp3) is 1.00. The summed E-state index contributed by atoms with van der Waals surface area (Å²) >= 11 is 0. The largest absolute Gasteiger partial charge is 0.396 e. The van der Waals surface area contributed by atoms with Crippen molar-refractivity contribution in [2.24, 2.45) is 5.92 Å². The van der Waals surface area contributed by atoms with E-state index in [2.05, 4.69) is 17.1 Å². The lowest BCUT2D eigenvalue weighted by Gasteiger charge is -2.34. The third-order valence-corrected chi connectivity index (χ3v) is 4.86. The van der Waals surface area contributed by atoms with E-state index in [0.29, 0.717) is 24.6 Å². The Balaban J connectivity index is 1.80. The van der Waals surface area contributed by atoms with Gasteiger partial charge in [-0.2, -0.15) is 0 Å². The molecule has 0 aromatic rings. The lowest BCUT2D eigenvalue weighted by atomic mass is 9.84. The van der Waals surface area contributed by atoms with Crippen molar-refractivity contribution in [3.05, 3.63) is 0 Å². The van der Waals surface area contributed by atoms with Gasteiger partial charge in [0, 0.05) is 18.7 Å². The molecule has 3 unspecified atom stereocenters. The summed E-state index contributed by atoms with van der Waals surface area (Å²) in [7, 11) is 0. The normalized spacial score (nSPS) is 35.3. The van der Waals surface area contributed by atoms with Crippen molar-refractivity contribution in [2.45, 2.75) is 64.0 Å². The molecular weight excluding hydrogens is 224 g/mol. The highest BCUT2D eigenvalue weighted by Crippen LogP contribution is 2.25. The minimum Gasteiger partial charge on any atom is -0.396 e. The van der Waals surface area contributed by atoms with Crippen molar-refractivity contribution in [1.82, 2.24) is 10.2 Å². The zero-order valence-corrected chi connectivity index (χ0v) is 11.9. The molecule has 1 saturated heterocycles. The Labute approximate surface area is 112 Å². The van der Waals surface area contributed by atoms with Gasteiger partial charge in [-0.15, -0.1) is 0 Å². The second-order valence-corrected chi connectivity index (χ2v) is 6.06. The molecule has 0 amide bonds. The molecule has 2 rings (SSSR count). The first-order chi connectivity index (χ1) is 8.83. The maximum Gasteiger partial charge on any atom is 0.0474 e. The van der Waals surface area contributed by atoms with Crippen molar-refractivity contribution in [1.29, 1.82) is 0 Å². The Hall–Kier alpha value is -0.120. The number of hydrogen-bond donors (Lipinski definition) is 2. The molecule has 2 fully saturated rings. The number of nitrogens with zero attached hydrogens (tertiary/aromatic N) is 1. The van der Waals surface area contributed by atoms with Gasteiger partial charge in [-0.25, -0.2) is 0 Å². The number of nitrogens with one attached hydrogen (secondary N) is 1. The van der Waals surface area contributed by atoms with E-state index in [0.717, 1.165) is 0 Å². The van der Waals surface area contributed by atoms with Gasteiger partial charge >= 0.3 is 0 Å². The quantitative estimate of drug-likeness (QED) is 0.805. The molecule has 0 radical (unpaired) electrons. The van der Waals surface area contributed by atoms with E-state index in [4.69, 9.17) is 0 Å². The van der Waals surface area contributed by atoms with Crippen LogP contribution in [0.1, 0.15) is 51.9 Å². The third kappa shape index (κ3) is 3.94. The summed E-state index contributed by atoms with van der Waals surface area (Å²) in [5.74, 6) is 0.504. The van der Waals surface area contributed by atoms with Crippen molar-refractivity contribution in [2.75, 3.05) is 26.2 Å². The van der Waals surface area contributed by atoms with Crippen LogP contribution in [0.25, 0.3) is 0 Å². The topological polar surface area (TPSA) is 35.5 Å². The van der Waals surface area contributed by atoms with Gasteiger partial charge in [-0.05, 0) is 57.7 Å². The summed E-state index contributed by atoms with van der Waals surface area (Å²) in [6, 6.07) is 1.25. The molecule has 3 nitrogen and oxygen atoms in total. The molecule has 106 valence electrons. The molecule has 3 atom stereocenters. The highest BCUT2D eigenvalue weighted by atomic mass is 16.3. The van der Waals surface area contributed by atoms with Gasteiger partial charge in [0.25, 0.3) is 0 Å². The second-order valence-electron chi connectivity index (χ2n) is 6.06. The Bertz CT molecular complexity index is 235. The van der Waals surface area contributed by atoms with E-state index < -0.39 is 0 Å². The zero-order valence-electron chi connectivity index (χ0n) is 11.9. The predicted molar refractivity (Wildman–Crippen MR) is 75.7 cm³/mol. The van der Waals surface area contributed by atoms with E-state index in [1.807, 2.05) is 0 Å². The van der Waals surface area contributed by atoms with Crippen LogP contribution in [0.15, 0.2) is 0 Å². The average Bonchev–Trinajstić information content (AvgIpc) is 2.64. The SMILES string of the molecule is CCN1CCCC(NC2CCCCC2CO)CC1. The number of likely N-dealkylation sites (tertiary alicyclic amines) is 1. The van der Waals surface area contributed by atoms with Crippen molar-refractivity contribution in [3.8, 4) is 0 Å². The van der Waals surface area contributed by atoms with Crippen LogP contribution in [0.5, 0.6) is 0 Å². The molecule has 2 N–H and O–H groups in total. The van der Waals surface area contributed by atoms with E-state index >= 15 is 0 Å². The number of rotatable bonds is 4. The molecule has 1 aliphatic carbocycles. The van der Waals surface area contributed by atoms with Crippen molar-refractivity contribution < 1.29 is 5.11 Å². The van der Waals surface area contributed by atoms with Gasteiger partial charge < -0.3 is 15.3 Å². The number of aliphatic hydroxyl groups is 1. The first-order valence-electron chi connectivity index (χ1n) is 7.92. The van der Waals surface area contributed by atoms with Crippen LogP contribution in [0.4, 0.5) is 0 Å². The maximum absolute atomic E-state index is 9.48. The van der Waals surface area contributed by atoms with Crippen LogP contribution in [0, 0.1) is 5.92 Å². The molecule has 0 bridgehead atoms. The summed E-state index contributed by atoms with van der Waals surface area (Å²) in [5, 5.41) is 13.3. The van der Waals surface area contributed by atoms with Crippen LogP contribution >= 0.6 is 0 Å². The fourth-order valence-corrected chi connectivity index (χ4v) is 3.59. The second kappa shape index (κ2) is 7.46. The van der Waals surface area contributed by atoms with E-state index in [-0.39, 0.29) is 0 Å². The zero-order chi connectivity index (χ0) is 12.8. The molecule has 0 aromatic carbocycles. The first kappa shape index (κ1) is 14.3. The summed E-state index contributed by atoms with van der Waals surface area (Å²) < 4.78 is 0. The van der Waals surface area contributed by atoms with Crippen LogP contribution in [-0.4, -0.2) is 48.3 Å². The van der Waals surface area contributed by atoms with Gasteiger partial charge in [0.1, 0.15) is 0 Å². The monoisotopic (exact) mass is 254 g/mol. The summed E-state index contributed by atoms with van der Waals surface area (Å²) in [6.45, 7) is 6.32. The van der Waals surface area contributed by atoms with Gasteiger partial charge in [-0.3, -0.25) is 0 Å². The Morgan fingerprint density at radius 1 is 1.06 bits per heavy atom. The number of hydrogen-bond acceptors (Lipinski definition) is 3. The summed E-state index contributed by atoms with van der Waals surface area (Å²) in [5.41, 5.74) is 0. The lowest BCUT2D eigenvalue weighted by molar-refractivity contribution is 0.143. The summed E-state index contributed by atoms with van der Waals surface area (Å²) in [4.78, 5) is 2.56. The van der Waals surface area contributed by atoms with Gasteiger partial charge in [-0.1, -0.05) is 19.8 Å². The maximum atomic E-state index is 9.48. The van der Waals surface area contributed by atoms with E-state index in [9.17, 15) is 5.11 Å². The van der Waals surface area contributed by atoms with E-state index in [1.165, 1.54) is 64.6 Å². The van der Waals surface area contributed by atoms with Crippen LogP contribution < -0.4 is 5.32 Å². The molecule has 1 saturated carbocycles. The lowest BCUT2D eigenvalue weighted by Crippen LogP contribution is -2.45. The third-order valence-electron chi connectivity index (χ3n) is 4.86. The molecule has 1 aliphatic heterocycles. The van der Waals surface area contributed by atoms with Crippen molar-refractivity contribution >= 4 is 0 Å². The Morgan fingerprint density at radius 3 is 2.67 bits per heavy atom. The molecule has 1 heterocycles. The van der Waals surface area contributed by atoms with E-state index in [1.54, 1.807) is 0 Å². The molecule has 18 heavy (non-hydrogen) atoms. The minimum atomic E-state index is 0.367. The van der Waals surface area contributed by atoms with Crippen molar-refractivity contribution in [3.63, 3.8) is 0 Å². The Kier molecular flexibility index (Phi) is 5.93.